The zero-order valence-corrected chi connectivity index (χ0v) is 18.4. The Morgan fingerprint density at radius 3 is 2.58 bits per heavy atom. The van der Waals surface area contributed by atoms with Crippen LogP contribution in [-0.4, -0.2) is 42.3 Å². The molecule has 8 nitrogen and oxygen atoms in total. The Labute approximate surface area is 184 Å². The molecular formula is C21H22N4O4S2. The summed E-state index contributed by atoms with van der Waals surface area (Å²) in [4.78, 5) is 18.2. The molecule has 0 radical (unpaired) electrons. The molecule has 1 aromatic heterocycles. The number of nitro groups is 1. The number of nitrogens with zero attached hydrogens (tertiary/aromatic N) is 4. The highest BCUT2D eigenvalue weighted by Gasteiger charge is 2.35. The molecule has 3 aromatic rings. The Bertz CT molecular complexity index is 1220. The summed E-state index contributed by atoms with van der Waals surface area (Å²) in [5.74, 6) is 0. The summed E-state index contributed by atoms with van der Waals surface area (Å²) >= 11 is 1.61. The third-order valence-corrected chi connectivity index (χ3v) is 9.04. The average molecular weight is 459 g/mol. The number of nitro benzene ring substituents is 1. The number of para-hydroxylation sites is 1. The van der Waals surface area contributed by atoms with Crippen LogP contribution < -0.4 is 4.90 Å². The number of thiazole rings is 1. The van der Waals surface area contributed by atoms with Crippen LogP contribution in [0.5, 0.6) is 0 Å². The molecule has 2 saturated heterocycles. The SMILES string of the molecule is O=[N+]([O-])c1cc(S(=O)(=O)N2CCCC2)ccc1N1CCC[C@@H]1c1nc2ccccc2s1. The van der Waals surface area contributed by atoms with Gasteiger partial charge in [0.05, 0.1) is 26.1 Å². The zero-order chi connectivity index (χ0) is 21.6. The molecule has 0 bridgehead atoms. The zero-order valence-electron chi connectivity index (χ0n) is 16.8. The van der Waals surface area contributed by atoms with Gasteiger partial charge in [-0.25, -0.2) is 13.4 Å². The molecule has 0 amide bonds. The molecule has 0 saturated carbocycles. The first kappa shape index (κ1) is 20.3. The number of hydrogen-bond acceptors (Lipinski definition) is 7. The van der Waals surface area contributed by atoms with E-state index in [2.05, 4.69) is 0 Å². The van der Waals surface area contributed by atoms with E-state index in [-0.39, 0.29) is 16.6 Å². The van der Waals surface area contributed by atoms with E-state index < -0.39 is 14.9 Å². The maximum Gasteiger partial charge on any atom is 0.293 e. The van der Waals surface area contributed by atoms with Gasteiger partial charge in [-0.3, -0.25) is 10.1 Å². The van der Waals surface area contributed by atoms with Crippen LogP contribution in [0.2, 0.25) is 0 Å². The van der Waals surface area contributed by atoms with Crippen molar-refractivity contribution in [3.05, 3.63) is 57.6 Å². The largest absolute Gasteiger partial charge is 0.357 e. The summed E-state index contributed by atoms with van der Waals surface area (Å²) in [6.07, 6.45) is 3.38. The van der Waals surface area contributed by atoms with E-state index >= 15 is 0 Å². The summed E-state index contributed by atoms with van der Waals surface area (Å²) < 4.78 is 28.3. The van der Waals surface area contributed by atoms with Gasteiger partial charge < -0.3 is 4.90 Å². The Balaban J connectivity index is 1.53. The van der Waals surface area contributed by atoms with Gasteiger partial charge in [0.1, 0.15) is 10.7 Å². The normalized spacial score (nSPS) is 20.0. The minimum Gasteiger partial charge on any atom is -0.357 e. The van der Waals surface area contributed by atoms with Crippen molar-refractivity contribution < 1.29 is 13.3 Å². The third-order valence-electron chi connectivity index (χ3n) is 6.00. The lowest BCUT2D eigenvalue weighted by molar-refractivity contribution is -0.384. The van der Waals surface area contributed by atoms with E-state index in [1.165, 1.54) is 16.4 Å². The van der Waals surface area contributed by atoms with Gasteiger partial charge in [-0.05, 0) is 49.9 Å². The fourth-order valence-corrected chi connectivity index (χ4v) is 7.13. The summed E-state index contributed by atoms with van der Waals surface area (Å²) in [6, 6.07) is 12.2. The molecular weight excluding hydrogens is 436 g/mol. The lowest BCUT2D eigenvalue weighted by Crippen LogP contribution is -2.28. The van der Waals surface area contributed by atoms with E-state index in [1.54, 1.807) is 17.4 Å². The number of aromatic nitrogens is 1. The van der Waals surface area contributed by atoms with Gasteiger partial charge >= 0.3 is 0 Å². The van der Waals surface area contributed by atoms with Crippen molar-refractivity contribution in [2.45, 2.75) is 36.6 Å². The molecule has 2 aromatic carbocycles. The van der Waals surface area contributed by atoms with Crippen molar-refractivity contribution in [2.75, 3.05) is 24.5 Å². The minimum atomic E-state index is -3.72. The molecule has 0 N–H and O–H groups in total. The fraction of sp³-hybridized carbons (Fsp3) is 0.381. The molecule has 0 unspecified atom stereocenters. The van der Waals surface area contributed by atoms with Gasteiger partial charge in [-0.2, -0.15) is 4.31 Å². The Morgan fingerprint density at radius 2 is 1.84 bits per heavy atom. The van der Waals surface area contributed by atoms with Crippen LogP contribution in [0.4, 0.5) is 11.4 Å². The van der Waals surface area contributed by atoms with Crippen molar-refractivity contribution in [3.8, 4) is 0 Å². The van der Waals surface area contributed by atoms with Gasteiger partial charge in [-0.15, -0.1) is 11.3 Å². The van der Waals surface area contributed by atoms with Crippen molar-refractivity contribution in [2.24, 2.45) is 0 Å². The van der Waals surface area contributed by atoms with Crippen LogP contribution in [0.3, 0.4) is 0 Å². The van der Waals surface area contributed by atoms with Crippen molar-refractivity contribution in [3.63, 3.8) is 0 Å². The van der Waals surface area contributed by atoms with Crippen LogP contribution >= 0.6 is 11.3 Å². The van der Waals surface area contributed by atoms with Crippen LogP contribution in [0.15, 0.2) is 47.4 Å². The molecule has 31 heavy (non-hydrogen) atoms. The van der Waals surface area contributed by atoms with Crippen LogP contribution in [-0.2, 0) is 10.0 Å². The monoisotopic (exact) mass is 458 g/mol. The Hall–Kier alpha value is -2.56. The predicted molar refractivity (Wildman–Crippen MR) is 120 cm³/mol. The second-order valence-corrected chi connectivity index (χ2v) is 10.9. The number of benzene rings is 2. The van der Waals surface area contributed by atoms with Gasteiger partial charge in [0.2, 0.25) is 10.0 Å². The van der Waals surface area contributed by atoms with Gasteiger partial charge in [0.15, 0.2) is 0 Å². The molecule has 5 rings (SSSR count). The topological polar surface area (TPSA) is 96.6 Å². The molecule has 1 atom stereocenters. The number of fused-ring (bicyclic) bond motifs is 1. The van der Waals surface area contributed by atoms with Crippen molar-refractivity contribution in [1.82, 2.24) is 9.29 Å². The summed E-state index contributed by atoms with van der Waals surface area (Å²) in [5, 5.41) is 12.9. The second kappa shape index (κ2) is 7.85. The van der Waals surface area contributed by atoms with E-state index in [4.69, 9.17) is 4.98 Å². The number of anilines is 1. The van der Waals surface area contributed by atoms with Crippen LogP contribution in [0, 0.1) is 10.1 Å². The molecule has 2 fully saturated rings. The maximum atomic E-state index is 12.9. The average Bonchev–Trinajstić information content (AvgIpc) is 3.53. The van der Waals surface area contributed by atoms with E-state index in [9.17, 15) is 18.5 Å². The summed E-state index contributed by atoms with van der Waals surface area (Å²) in [7, 11) is -3.72. The standard InChI is InChI=1S/C21H22N4O4S2/c26-25(27)19-14-15(31(28,29)23-11-3-4-12-23)9-10-17(19)24-13-5-7-18(24)21-22-16-6-1-2-8-20(16)30-21/h1-2,6,8-10,14,18H,3-5,7,11-13H2/t18-/m1/s1. The first-order valence-electron chi connectivity index (χ1n) is 10.4. The summed E-state index contributed by atoms with van der Waals surface area (Å²) in [6.45, 7) is 1.59. The number of hydrogen-bond donors (Lipinski definition) is 0. The third kappa shape index (κ3) is 3.58. The van der Waals surface area contributed by atoms with Crippen LogP contribution in [0.1, 0.15) is 36.7 Å². The number of sulfonamides is 1. The molecule has 3 heterocycles. The van der Waals surface area contributed by atoms with Gasteiger partial charge in [0.25, 0.3) is 5.69 Å². The van der Waals surface area contributed by atoms with Gasteiger partial charge in [-0.1, -0.05) is 12.1 Å². The van der Waals surface area contributed by atoms with Crippen LogP contribution in [0.25, 0.3) is 10.2 Å². The second-order valence-electron chi connectivity index (χ2n) is 7.89. The molecule has 10 heteroatoms. The van der Waals surface area contributed by atoms with Gasteiger partial charge in [0, 0.05) is 25.7 Å². The smallest absolute Gasteiger partial charge is 0.293 e. The molecule has 0 spiro atoms. The van der Waals surface area contributed by atoms with E-state index in [0.717, 1.165) is 40.9 Å². The first-order chi connectivity index (χ1) is 14.9. The fourth-order valence-electron chi connectivity index (χ4n) is 4.47. The molecule has 162 valence electrons. The summed E-state index contributed by atoms with van der Waals surface area (Å²) in [5.41, 5.74) is 1.20. The minimum absolute atomic E-state index is 0.0133. The molecule has 2 aliphatic heterocycles. The first-order valence-corrected chi connectivity index (χ1v) is 12.6. The van der Waals surface area contributed by atoms with E-state index in [0.29, 0.717) is 25.3 Å². The molecule has 2 aliphatic rings. The lowest BCUT2D eigenvalue weighted by atomic mass is 10.2. The maximum absolute atomic E-state index is 12.9. The molecule has 0 aliphatic carbocycles. The highest BCUT2D eigenvalue weighted by atomic mass is 32.2. The highest BCUT2D eigenvalue weighted by molar-refractivity contribution is 7.89. The van der Waals surface area contributed by atoms with Crippen molar-refractivity contribution in [1.29, 1.82) is 0 Å². The predicted octanol–water partition coefficient (Wildman–Crippen LogP) is 4.33. The quantitative estimate of drug-likeness (QED) is 0.417. The number of rotatable bonds is 5. The Kier molecular flexibility index (Phi) is 5.15. The lowest BCUT2D eigenvalue weighted by Gasteiger charge is -2.25. The highest BCUT2D eigenvalue weighted by Crippen LogP contribution is 2.43. The Morgan fingerprint density at radius 1 is 1.06 bits per heavy atom. The van der Waals surface area contributed by atoms with Crippen molar-refractivity contribution >= 4 is 43.0 Å². The van der Waals surface area contributed by atoms with E-state index in [1.807, 2.05) is 29.2 Å².